The number of rotatable bonds is 0. The van der Waals surface area contributed by atoms with Crippen molar-refractivity contribution in [2.45, 2.75) is 26.2 Å². The van der Waals surface area contributed by atoms with Gasteiger partial charge < -0.3 is 5.11 Å². The van der Waals surface area contributed by atoms with Gasteiger partial charge in [0.25, 0.3) is 0 Å². The molecule has 0 fully saturated rings. The molecule has 0 amide bonds. The molecule has 1 aromatic heterocycles. The summed E-state index contributed by atoms with van der Waals surface area (Å²) in [5, 5.41) is 10.8. The van der Waals surface area contributed by atoms with Crippen LogP contribution in [0.4, 0.5) is 0 Å². The second kappa shape index (κ2) is 3.19. The molecule has 1 aromatic carbocycles. The van der Waals surface area contributed by atoms with Crippen LogP contribution in [0.5, 0.6) is 5.75 Å². The molecule has 15 heavy (non-hydrogen) atoms. The molecule has 0 saturated heterocycles. The molecule has 0 radical (unpaired) electrons. The highest BCUT2D eigenvalue weighted by atomic mass is 16.3. The van der Waals surface area contributed by atoms with Crippen LogP contribution in [0, 0.1) is 0 Å². The fourth-order valence-electron chi connectivity index (χ4n) is 1.62. The standard InChI is InChI=1S/C12H14N2O/c1-12(2,3)9-4-8-6-13-7-14-10(8)5-11(9)15/h4-7,15H,1-3H3. The summed E-state index contributed by atoms with van der Waals surface area (Å²) in [6.07, 6.45) is 3.25. The molecule has 78 valence electrons. The molecule has 0 spiro atoms. The summed E-state index contributed by atoms with van der Waals surface area (Å²) in [5.41, 5.74) is 1.62. The zero-order valence-electron chi connectivity index (χ0n) is 9.15. The lowest BCUT2D eigenvalue weighted by atomic mass is 9.85. The predicted molar refractivity (Wildman–Crippen MR) is 59.9 cm³/mol. The Hall–Kier alpha value is -1.64. The number of fused-ring (bicyclic) bond motifs is 1. The summed E-state index contributed by atoms with van der Waals surface area (Å²) >= 11 is 0. The van der Waals surface area contributed by atoms with Crippen molar-refractivity contribution < 1.29 is 5.11 Å². The van der Waals surface area contributed by atoms with E-state index in [0.717, 1.165) is 16.5 Å². The van der Waals surface area contributed by atoms with E-state index >= 15 is 0 Å². The van der Waals surface area contributed by atoms with Crippen LogP contribution in [-0.2, 0) is 5.41 Å². The summed E-state index contributed by atoms with van der Waals surface area (Å²) < 4.78 is 0. The molecule has 1 heterocycles. The lowest BCUT2D eigenvalue weighted by Gasteiger charge is -2.20. The average Bonchev–Trinajstić information content (AvgIpc) is 2.15. The van der Waals surface area contributed by atoms with Gasteiger partial charge in [-0.05, 0) is 11.5 Å². The van der Waals surface area contributed by atoms with Gasteiger partial charge in [-0.2, -0.15) is 0 Å². The Labute approximate surface area is 88.8 Å². The Bertz CT molecular complexity index is 500. The van der Waals surface area contributed by atoms with E-state index in [-0.39, 0.29) is 5.41 Å². The summed E-state index contributed by atoms with van der Waals surface area (Å²) in [6.45, 7) is 6.20. The minimum Gasteiger partial charge on any atom is -0.508 e. The molecule has 0 atom stereocenters. The number of hydrogen-bond acceptors (Lipinski definition) is 3. The quantitative estimate of drug-likeness (QED) is 0.714. The molecule has 3 nitrogen and oxygen atoms in total. The van der Waals surface area contributed by atoms with Crippen molar-refractivity contribution in [2.24, 2.45) is 0 Å². The molecular weight excluding hydrogens is 188 g/mol. The number of aromatic hydroxyl groups is 1. The first-order chi connectivity index (χ1) is 6.98. The zero-order valence-corrected chi connectivity index (χ0v) is 9.15. The lowest BCUT2D eigenvalue weighted by molar-refractivity contribution is 0.447. The van der Waals surface area contributed by atoms with E-state index < -0.39 is 0 Å². The van der Waals surface area contributed by atoms with Crippen LogP contribution in [0.2, 0.25) is 0 Å². The van der Waals surface area contributed by atoms with Crippen LogP contribution >= 0.6 is 0 Å². The topological polar surface area (TPSA) is 46.0 Å². The minimum absolute atomic E-state index is 0.0753. The van der Waals surface area contributed by atoms with Gasteiger partial charge in [0.05, 0.1) is 5.52 Å². The SMILES string of the molecule is CC(C)(C)c1cc2cncnc2cc1O. The molecule has 3 heteroatoms. The number of nitrogens with zero attached hydrogens (tertiary/aromatic N) is 2. The van der Waals surface area contributed by atoms with Gasteiger partial charge in [-0.15, -0.1) is 0 Å². The Morgan fingerprint density at radius 3 is 2.60 bits per heavy atom. The van der Waals surface area contributed by atoms with Crippen molar-refractivity contribution in [3.63, 3.8) is 0 Å². The molecule has 0 aliphatic rings. The molecule has 0 bridgehead atoms. The normalized spacial score (nSPS) is 11.9. The maximum atomic E-state index is 9.88. The number of phenols is 1. The second-order valence-electron chi connectivity index (χ2n) is 4.70. The number of aromatic nitrogens is 2. The summed E-state index contributed by atoms with van der Waals surface area (Å²) in [5.74, 6) is 0.300. The smallest absolute Gasteiger partial charge is 0.121 e. The Morgan fingerprint density at radius 1 is 1.20 bits per heavy atom. The van der Waals surface area contributed by atoms with Gasteiger partial charge in [0, 0.05) is 23.2 Å². The number of phenolic OH excluding ortho intramolecular Hbond substituents is 1. The molecule has 1 N–H and O–H groups in total. The third-order valence-corrected chi connectivity index (χ3v) is 2.43. The maximum absolute atomic E-state index is 9.88. The van der Waals surface area contributed by atoms with E-state index in [1.807, 2.05) is 6.07 Å². The van der Waals surface area contributed by atoms with Crippen LogP contribution in [0.15, 0.2) is 24.7 Å². The molecule has 0 unspecified atom stereocenters. The van der Waals surface area contributed by atoms with Crippen molar-refractivity contribution in [3.8, 4) is 5.75 Å². The van der Waals surface area contributed by atoms with Gasteiger partial charge >= 0.3 is 0 Å². The zero-order chi connectivity index (χ0) is 11.1. The van der Waals surface area contributed by atoms with E-state index in [4.69, 9.17) is 0 Å². The van der Waals surface area contributed by atoms with Crippen molar-refractivity contribution in [3.05, 3.63) is 30.2 Å². The van der Waals surface area contributed by atoms with Crippen LogP contribution in [0.3, 0.4) is 0 Å². The molecule has 2 aromatic rings. The molecule has 0 aliphatic heterocycles. The van der Waals surface area contributed by atoms with Gasteiger partial charge in [-0.25, -0.2) is 9.97 Å². The summed E-state index contributed by atoms with van der Waals surface area (Å²) in [7, 11) is 0. The largest absolute Gasteiger partial charge is 0.508 e. The van der Waals surface area contributed by atoms with Crippen molar-refractivity contribution in [2.75, 3.05) is 0 Å². The van der Waals surface area contributed by atoms with E-state index in [0.29, 0.717) is 5.75 Å². The van der Waals surface area contributed by atoms with Gasteiger partial charge in [-0.3, -0.25) is 0 Å². The molecule has 0 aliphatic carbocycles. The van der Waals surface area contributed by atoms with Gasteiger partial charge in [-0.1, -0.05) is 20.8 Å². The average molecular weight is 202 g/mol. The molecule has 0 saturated carbocycles. The summed E-state index contributed by atoms with van der Waals surface area (Å²) in [6, 6.07) is 3.64. The van der Waals surface area contributed by atoms with E-state index in [1.165, 1.54) is 6.33 Å². The van der Waals surface area contributed by atoms with Crippen LogP contribution in [0.25, 0.3) is 10.9 Å². The molecule has 2 rings (SSSR count). The highest BCUT2D eigenvalue weighted by molar-refractivity contribution is 5.80. The second-order valence-corrected chi connectivity index (χ2v) is 4.70. The van der Waals surface area contributed by atoms with Crippen LogP contribution in [-0.4, -0.2) is 15.1 Å². The van der Waals surface area contributed by atoms with Crippen molar-refractivity contribution >= 4 is 10.9 Å². The highest BCUT2D eigenvalue weighted by Gasteiger charge is 2.18. The fourth-order valence-corrected chi connectivity index (χ4v) is 1.62. The van der Waals surface area contributed by atoms with Gasteiger partial charge in [0.1, 0.15) is 12.1 Å². The number of hydrogen-bond donors (Lipinski definition) is 1. The van der Waals surface area contributed by atoms with Crippen molar-refractivity contribution in [1.82, 2.24) is 9.97 Å². The lowest BCUT2D eigenvalue weighted by Crippen LogP contribution is -2.11. The van der Waals surface area contributed by atoms with Gasteiger partial charge in [0.2, 0.25) is 0 Å². The van der Waals surface area contributed by atoms with E-state index in [9.17, 15) is 5.11 Å². The van der Waals surface area contributed by atoms with Gasteiger partial charge in [0.15, 0.2) is 0 Å². The Kier molecular flexibility index (Phi) is 2.11. The van der Waals surface area contributed by atoms with E-state index in [1.54, 1.807) is 12.3 Å². The van der Waals surface area contributed by atoms with E-state index in [2.05, 4.69) is 30.7 Å². The monoisotopic (exact) mass is 202 g/mol. The van der Waals surface area contributed by atoms with Crippen LogP contribution in [0.1, 0.15) is 26.3 Å². The maximum Gasteiger partial charge on any atom is 0.121 e. The first-order valence-corrected chi connectivity index (χ1v) is 4.92. The predicted octanol–water partition coefficient (Wildman–Crippen LogP) is 2.63. The highest BCUT2D eigenvalue weighted by Crippen LogP contribution is 2.33. The first-order valence-electron chi connectivity index (χ1n) is 4.92. The summed E-state index contributed by atoms with van der Waals surface area (Å²) in [4.78, 5) is 8.07. The Morgan fingerprint density at radius 2 is 1.93 bits per heavy atom. The first kappa shape index (κ1) is 9.90. The number of benzene rings is 1. The minimum atomic E-state index is -0.0753. The third kappa shape index (κ3) is 1.77. The fraction of sp³-hybridized carbons (Fsp3) is 0.333. The Balaban J connectivity index is 2.73. The van der Waals surface area contributed by atoms with Crippen molar-refractivity contribution in [1.29, 1.82) is 0 Å². The third-order valence-electron chi connectivity index (χ3n) is 2.43. The molecular formula is C12H14N2O. The van der Waals surface area contributed by atoms with Crippen LogP contribution < -0.4 is 0 Å².